The first kappa shape index (κ1) is 15.5. The van der Waals surface area contributed by atoms with Gasteiger partial charge in [0.2, 0.25) is 0 Å². The number of benzene rings is 1. The van der Waals surface area contributed by atoms with E-state index >= 15 is 0 Å². The molecule has 0 amide bonds. The van der Waals surface area contributed by atoms with E-state index in [4.69, 9.17) is 0 Å². The lowest BCUT2D eigenvalue weighted by Crippen LogP contribution is -1.96. The second kappa shape index (κ2) is 6.36. The zero-order valence-electron chi connectivity index (χ0n) is 13.3. The highest BCUT2D eigenvalue weighted by Gasteiger charge is 2.13. The molecule has 3 heteroatoms. The second-order valence-corrected chi connectivity index (χ2v) is 6.62. The molecule has 0 aliphatic rings. The molecule has 23 heavy (non-hydrogen) atoms. The minimum Gasteiger partial charge on any atom is -0.310 e. The number of aromatic nitrogens is 1. The zero-order chi connectivity index (χ0) is 16.4. The lowest BCUT2D eigenvalue weighted by molar-refractivity contribution is 1.01. The van der Waals surface area contributed by atoms with Gasteiger partial charge in [-0.15, -0.1) is 18.3 Å². The molecule has 3 aromatic rings. The molecule has 2 nitrogen and oxygen atoms in total. The fraction of sp³-hybridized carbons (Fsp3) is 0.150. The largest absolute Gasteiger partial charge is 0.310 e. The van der Waals surface area contributed by atoms with Crippen molar-refractivity contribution in [1.82, 2.24) is 4.40 Å². The Hall–Kier alpha value is -2.44. The molecule has 0 unspecified atom stereocenters. The average molecular weight is 318 g/mol. The van der Waals surface area contributed by atoms with Crippen molar-refractivity contribution in [3.8, 4) is 17.2 Å². The van der Waals surface area contributed by atoms with Crippen molar-refractivity contribution < 1.29 is 0 Å². The monoisotopic (exact) mass is 318 g/mol. The van der Waals surface area contributed by atoms with Gasteiger partial charge in [-0.2, -0.15) is 5.26 Å². The Labute approximate surface area is 141 Å². The number of aryl methyl sites for hydroxylation is 2. The van der Waals surface area contributed by atoms with Crippen LogP contribution in [0.4, 0.5) is 0 Å². The molecule has 0 atom stereocenters. The Morgan fingerprint density at radius 1 is 1.17 bits per heavy atom. The first-order valence-corrected chi connectivity index (χ1v) is 8.49. The predicted octanol–water partition coefficient (Wildman–Crippen LogP) is 5.37. The molecule has 0 aliphatic carbocycles. The fourth-order valence-corrected chi connectivity index (χ4v) is 3.59. The molecular weight excluding hydrogens is 300 g/mol. The van der Waals surface area contributed by atoms with E-state index in [1.807, 2.05) is 13.0 Å². The lowest BCUT2D eigenvalue weighted by atomic mass is 10.1. The summed E-state index contributed by atoms with van der Waals surface area (Å²) in [4.78, 5) is 0. The number of fused-ring (bicyclic) bond motifs is 1. The maximum Gasteiger partial charge on any atom is 0.102 e. The van der Waals surface area contributed by atoms with Crippen LogP contribution >= 0.6 is 11.8 Å². The van der Waals surface area contributed by atoms with Crippen LogP contribution in [0.3, 0.4) is 0 Å². The lowest BCUT2D eigenvalue weighted by Gasteiger charge is -2.09. The first-order valence-electron chi connectivity index (χ1n) is 7.50. The predicted molar refractivity (Wildman–Crippen MR) is 97.9 cm³/mol. The molecule has 2 heterocycles. The van der Waals surface area contributed by atoms with Gasteiger partial charge in [0.25, 0.3) is 0 Å². The average Bonchev–Trinajstić information content (AvgIpc) is 2.96. The van der Waals surface area contributed by atoms with Crippen molar-refractivity contribution >= 4 is 17.3 Å². The number of rotatable bonds is 4. The van der Waals surface area contributed by atoms with Crippen molar-refractivity contribution in [3.63, 3.8) is 0 Å². The van der Waals surface area contributed by atoms with Crippen molar-refractivity contribution in [2.75, 3.05) is 5.75 Å². The maximum atomic E-state index is 9.51. The number of nitriles is 1. The molecule has 0 saturated carbocycles. The van der Waals surface area contributed by atoms with Gasteiger partial charge < -0.3 is 4.40 Å². The number of nitrogens with zero attached hydrogens (tertiary/aromatic N) is 2. The van der Waals surface area contributed by atoms with Gasteiger partial charge in [-0.1, -0.05) is 35.9 Å². The van der Waals surface area contributed by atoms with Gasteiger partial charge in [-0.25, -0.2) is 0 Å². The molecule has 0 fully saturated rings. The van der Waals surface area contributed by atoms with Crippen LogP contribution in [0.5, 0.6) is 0 Å². The third kappa shape index (κ3) is 2.91. The maximum absolute atomic E-state index is 9.51. The summed E-state index contributed by atoms with van der Waals surface area (Å²) in [6.07, 6.45) is 3.98. The highest BCUT2D eigenvalue weighted by molar-refractivity contribution is 7.99. The highest BCUT2D eigenvalue weighted by atomic mass is 32.2. The molecule has 0 spiro atoms. The van der Waals surface area contributed by atoms with E-state index in [9.17, 15) is 5.26 Å². The third-order valence-corrected chi connectivity index (χ3v) is 4.95. The van der Waals surface area contributed by atoms with Crippen LogP contribution in [0.1, 0.15) is 16.7 Å². The molecule has 114 valence electrons. The van der Waals surface area contributed by atoms with Crippen LogP contribution in [-0.2, 0) is 0 Å². The summed E-state index contributed by atoms with van der Waals surface area (Å²) in [6, 6.07) is 15.1. The van der Waals surface area contributed by atoms with Crippen molar-refractivity contribution in [2.24, 2.45) is 0 Å². The van der Waals surface area contributed by atoms with Crippen molar-refractivity contribution in [2.45, 2.75) is 18.9 Å². The van der Waals surface area contributed by atoms with E-state index in [1.165, 1.54) is 16.7 Å². The van der Waals surface area contributed by atoms with Gasteiger partial charge in [0, 0.05) is 23.0 Å². The molecule has 0 aliphatic heterocycles. The van der Waals surface area contributed by atoms with Gasteiger partial charge >= 0.3 is 0 Å². The van der Waals surface area contributed by atoms with E-state index < -0.39 is 0 Å². The number of hydrogen-bond donors (Lipinski definition) is 0. The molecule has 0 saturated heterocycles. The summed E-state index contributed by atoms with van der Waals surface area (Å²) in [5.74, 6) is 0.783. The standard InChI is InChI=1S/C20H18N2S/c1-4-9-23-20-19(12-21)15(3)10-18-11-17(13-22(18)20)16-7-5-14(2)6-8-16/h4-8,10-11,13H,1,9H2,2-3H3. The molecule has 0 bridgehead atoms. The number of thioether (sulfide) groups is 1. The van der Waals surface area contributed by atoms with Crippen molar-refractivity contribution in [3.05, 3.63) is 71.9 Å². The van der Waals surface area contributed by atoms with Gasteiger partial charge in [-0.3, -0.25) is 0 Å². The summed E-state index contributed by atoms with van der Waals surface area (Å²) in [7, 11) is 0. The summed E-state index contributed by atoms with van der Waals surface area (Å²) < 4.78 is 2.12. The minimum atomic E-state index is 0.746. The number of hydrogen-bond acceptors (Lipinski definition) is 2. The highest BCUT2D eigenvalue weighted by Crippen LogP contribution is 2.31. The smallest absolute Gasteiger partial charge is 0.102 e. The van der Waals surface area contributed by atoms with Crippen LogP contribution < -0.4 is 0 Å². The molecular formula is C20H18N2S. The minimum absolute atomic E-state index is 0.746. The number of pyridine rings is 1. The van der Waals surface area contributed by atoms with Crippen LogP contribution in [0, 0.1) is 25.2 Å². The molecule has 3 rings (SSSR count). The van der Waals surface area contributed by atoms with Gasteiger partial charge in [0.1, 0.15) is 6.07 Å². The second-order valence-electron chi connectivity index (χ2n) is 5.61. The Morgan fingerprint density at radius 3 is 2.57 bits per heavy atom. The summed E-state index contributed by atoms with van der Waals surface area (Å²) >= 11 is 1.65. The van der Waals surface area contributed by atoms with Gasteiger partial charge in [0.05, 0.1) is 10.6 Å². The van der Waals surface area contributed by atoms with Gasteiger partial charge in [0.15, 0.2) is 0 Å². The Bertz CT molecular complexity index is 911. The topological polar surface area (TPSA) is 28.2 Å². The van der Waals surface area contributed by atoms with Crippen LogP contribution in [-0.4, -0.2) is 10.2 Å². The Kier molecular flexibility index (Phi) is 4.27. The van der Waals surface area contributed by atoms with E-state index in [0.29, 0.717) is 0 Å². The SMILES string of the molecule is C=CCSc1c(C#N)c(C)cc2cc(-c3ccc(C)cc3)cn12. The Balaban J connectivity index is 2.20. The van der Waals surface area contributed by atoms with E-state index in [1.54, 1.807) is 11.8 Å². The van der Waals surface area contributed by atoms with E-state index in [-0.39, 0.29) is 0 Å². The molecule has 2 aromatic heterocycles. The summed E-state index contributed by atoms with van der Waals surface area (Å²) in [5.41, 5.74) is 6.48. The third-order valence-electron chi connectivity index (χ3n) is 3.88. The van der Waals surface area contributed by atoms with Crippen molar-refractivity contribution in [1.29, 1.82) is 5.26 Å². The fourth-order valence-electron chi connectivity index (χ4n) is 2.67. The molecule has 1 aromatic carbocycles. The van der Waals surface area contributed by atoms with Gasteiger partial charge in [-0.05, 0) is 37.1 Å². The first-order chi connectivity index (χ1) is 11.1. The van der Waals surface area contributed by atoms with Crippen LogP contribution in [0.2, 0.25) is 0 Å². The Morgan fingerprint density at radius 2 is 1.91 bits per heavy atom. The summed E-state index contributed by atoms with van der Waals surface area (Å²) in [6.45, 7) is 7.87. The normalized spacial score (nSPS) is 10.7. The van der Waals surface area contributed by atoms with Crippen LogP contribution in [0.15, 0.2) is 60.3 Å². The quantitative estimate of drug-likeness (QED) is 0.477. The molecule has 0 radical (unpaired) electrons. The molecule has 0 N–H and O–H groups in total. The summed E-state index contributed by atoms with van der Waals surface area (Å²) in [5, 5.41) is 10.5. The zero-order valence-corrected chi connectivity index (χ0v) is 14.2. The van der Waals surface area contributed by atoms with Crippen LogP contribution in [0.25, 0.3) is 16.6 Å². The van der Waals surface area contributed by atoms with E-state index in [0.717, 1.165) is 27.4 Å². The van der Waals surface area contributed by atoms with E-state index in [2.05, 4.69) is 66.6 Å².